The van der Waals surface area contributed by atoms with Crippen LogP contribution in [0.4, 0.5) is 0 Å². The largest absolute Gasteiger partial charge is 0.356 e. The molecule has 2 N–H and O–H groups in total. The lowest BCUT2D eigenvalue weighted by molar-refractivity contribution is -0.125. The van der Waals surface area contributed by atoms with Gasteiger partial charge in [0, 0.05) is 12.6 Å². The molecule has 2 aliphatic rings. The number of likely N-dealkylation sites (tertiary alicyclic amines) is 1. The summed E-state index contributed by atoms with van der Waals surface area (Å²) < 4.78 is 0. The molecule has 19 heavy (non-hydrogen) atoms. The van der Waals surface area contributed by atoms with Crippen molar-refractivity contribution in [3.63, 3.8) is 0 Å². The van der Waals surface area contributed by atoms with Crippen molar-refractivity contribution in [2.24, 2.45) is 11.8 Å². The van der Waals surface area contributed by atoms with E-state index in [9.17, 15) is 4.79 Å². The highest BCUT2D eigenvalue weighted by Crippen LogP contribution is 2.16. The minimum Gasteiger partial charge on any atom is -0.356 e. The van der Waals surface area contributed by atoms with Crippen molar-refractivity contribution in [1.29, 1.82) is 0 Å². The molecule has 0 bridgehead atoms. The first-order valence-corrected chi connectivity index (χ1v) is 7.90. The third-order valence-corrected chi connectivity index (χ3v) is 4.69. The zero-order valence-corrected chi connectivity index (χ0v) is 12.5. The monoisotopic (exact) mass is 267 g/mol. The minimum absolute atomic E-state index is 0.177. The molecule has 2 saturated heterocycles. The zero-order chi connectivity index (χ0) is 13.7. The molecule has 0 radical (unpaired) electrons. The van der Waals surface area contributed by atoms with Gasteiger partial charge in [-0.25, -0.2) is 0 Å². The van der Waals surface area contributed by atoms with Crippen LogP contribution in [0.3, 0.4) is 0 Å². The number of nitrogens with one attached hydrogen (secondary N) is 2. The predicted octanol–water partition coefficient (Wildman–Crippen LogP) is 1.22. The van der Waals surface area contributed by atoms with Gasteiger partial charge >= 0.3 is 0 Å². The third-order valence-electron chi connectivity index (χ3n) is 4.69. The molecule has 2 heterocycles. The number of carbonyl (C=O) groups excluding carboxylic acids is 1. The van der Waals surface area contributed by atoms with Gasteiger partial charge in [0.1, 0.15) is 0 Å². The van der Waals surface area contributed by atoms with Crippen LogP contribution in [-0.4, -0.2) is 49.6 Å². The summed E-state index contributed by atoms with van der Waals surface area (Å²) in [6.45, 7) is 9.85. The van der Waals surface area contributed by atoms with Crippen LogP contribution in [0.15, 0.2) is 0 Å². The summed E-state index contributed by atoms with van der Waals surface area (Å²) >= 11 is 0. The molecule has 2 rings (SSSR count). The molecule has 2 aliphatic heterocycles. The highest BCUT2D eigenvalue weighted by Gasteiger charge is 2.28. The van der Waals surface area contributed by atoms with Gasteiger partial charge in [-0.3, -0.25) is 4.79 Å². The summed E-state index contributed by atoms with van der Waals surface area (Å²) in [5.74, 6) is 1.31. The van der Waals surface area contributed by atoms with Crippen LogP contribution in [-0.2, 0) is 4.79 Å². The molecule has 0 spiro atoms. The maximum Gasteiger partial charge on any atom is 0.224 e. The zero-order valence-electron chi connectivity index (χ0n) is 12.5. The van der Waals surface area contributed by atoms with Crippen molar-refractivity contribution in [3.8, 4) is 0 Å². The van der Waals surface area contributed by atoms with E-state index < -0.39 is 0 Å². The Morgan fingerprint density at radius 1 is 1.26 bits per heavy atom. The van der Waals surface area contributed by atoms with Crippen molar-refractivity contribution in [2.45, 2.75) is 45.6 Å². The molecular weight excluding hydrogens is 238 g/mol. The second-order valence-electron chi connectivity index (χ2n) is 6.31. The molecule has 0 aromatic carbocycles. The standard InChI is InChI=1S/C15H29N3O/c1-12-5-10-18(11-6-12)9-3-7-17-15(19)14-4-8-16-13(14)2/h12-14,16H,3-11H2,1-2H3,(H,17,19). The first-order chi connectivity index (χ1) is 9.16. The molecule has 0 aliphatic carbocycles. The van der Waals surface area contributed by atoms with E-state index in [2.05, 4.69) is 29.4 Å². The molecule has 2 atom stereocenters. The second-order valence-corrected chi connectivity index (χ2v) is 6.31. The molecular formula is C15H29N3O. The van der Waals surface area contributed by atoms with Gasteiger partial charge in [0.25, 0.3) is 0 Å². The summed E-state index contributed by atoms with van der Waals surface area (Å²) in [6.07, 6.45) is 4.72. The lowest BCUT2D eigenvalue weighted by atomic mass is 9.99. The lowest BCUT2D eigenvalue weighted by Gasteiger charge is -2.30. The smallest absolute Gasteiger partial charge is 0.224 e. The van der Waals surface area contributed by atoms with Gasteiger partial charge in [-0.2, -0.15) is 0 Å². The third kappa shape index (κ3) is 4.46. The number of piperidine rings is 1. The van der Waals surface area contributed by atoms with Crippen LogP contribution >= 0.6 is 0 Å². The van der Waals surface area contributed by atoms with E-state index in [1.807, 2.05) is 0 Å². The topological polar surface area (TPSA) is 44.4 Å². The molecule has 0 saturated carbocycles. The Kier molecular flexibility index (Phi) is 5.64. The number of carbonyl (C=O) groups is 1. The highest BCUT2D eigenvalue weighted by atomic mass is 16.1. The van der Waals surface area contributed by atoms with E-state index in [1.165, 1.54) is 25.9 Å². The van der Waals surface area contributed by atoms with Crippen molar-refractivity contribution in [2.75, 3.05) is 32.7 Å². The van der Waals surface area contributed by atoms with Gasteiger partial charge in [-0.15, -0.1) is 0 Å². The predicted molar refractivity (Wildman–Crippen MR) is 78.0 cm³/mol. The lowest BCUT2D eigenvalue weighted by Crippen LogP contribution is -2.39. The highest BCUT2D eigenvalue weighted by molar-refractivity contribution is 5.79. The summed E-state index contributed by atoms with van der Waals surface area (Å²) in [4.78, 5) is 14.5. The number of nitrogens with zero attached hydrogens (tertiary/aromatic N) is 1. The number of rotatable bonds is 5. The number of hydrogen-bond acceptors (Lipinski definition) is 3. The van der Waals surface area contributed by atoms with Gasteiger partial charge in [0.15, 0.2) is 0 Å². The first kappa shape index (κ1) is 14.8. The average Bonchev–Trinajstić information content (AvgIpc) is 2.83. The van der Waals surface area contributed by atoms with Crippen LogP contribution in [0.2, 0.25) is 0 Å². The van der Waals surface area contributed by atoms with E-state index in [0.717, 1.165) is 38.4 Å². The van der Waals surface area contributed by atoms with Gasteiger partial charge in [0.05, 0.1) is 5.92 Å². The molecule has 0 aromatic heterocycles. The van der Waals surface area contributed by atoms with E-state index in [4.69, 9.17) is 0 Å². The van der Waals surface area contributed by atoms with Crippen LogP contribution in [0.1, 0.15) is 39.5 Å². The summed E-state index contributed by atoms with van der Waals surface area (Å²) in [5, 5.41) is 6.43. The Morgan fingerprint density at radius 3 is 2.63 bits per heavy atom. The van der Waals surface area contributed by atoms with Crippen molar-refractivity contribution < 1.29 is 4.79 Å². The molecule has 2 unspecified atom stereocenters. The molecule has 4 nitrogen and oxygen atoms in total. The van der Waals surface area contributed by atoms with Crippen LogP contribution in [0.5, 0.6) is 0 Å². The fourth-order valence-corrected chi connectivity index (χ4v) is 3.15. The quantitative estimate of drug-likeness (QED) is 0.736. The van der Waals surface area contributed by atoms with E-state index >= 15 is 0 Å². The molecule has 4 heteroatoms. The Hall–Kier alpha value is -0.610. The molecule has 110 valence electrons. The minimum atomic E-state index is 0.177. The molecule has 1 amide bonds. The Morgan fingerprint density at radius 2 is 2.00 bits per heavy atom. The fourth-order valence-electron chi connectivity index (χ4n) is 3.15. The van der Waals surface area contributed by atoms with Gasteiger partial charge in [-0.05, 0) is 64.7 Å². The second kappa shape index (κ2) is 7.25. The van der Waals surface area contributed by atoms with Crippen molar-refractivity contribution in [3.05, 3.63) is 0 Å². The van der Waals surface area contributed by atoms with Crippen LogP contribution in [0, 0.1) is 11.8 Å². The van der Waals surface area contributed by atoms with Gasteiger partial charge in [0.2, 0.25) is 5.91 Å². The fraction of sp³-hybridized carbons (Fsp3) is 0.933. The van der Waals surface area contributed by atoms with Crippen LogP contribution in [0.25, 0.3) is 0 Å². The van der Waals surface area contributed by atoms with Gasteiger partial charge < -0.3 is 15.5 Å². The summed E-state index contributed by atoms with van der Waals surface area (Å²) in [7, 11) is 0. The maximum atomic E-state index is 12.0. The number of hydrogen-bond donors (Lipinski definition) is 2. The Bertz CT molecular complexity index is 287. The van der Waals surface area contributed by atoms with Crippen molar-refractivity contribution >= 4 is 5.91 Å². The molecule has 0 aromatic rings. The van der Waals surface area contributed by atoms with Crippen molar-refractivity contribution in [1.82, 2.24) is 15.5 Å². The van der Waals surface area contributed by atoms with E-state index in [0.29, 0.717) is 6.04 Å². The maximum absolute atomic E-state index is 12.0. The van der Waals surface area contributed by atoms with Crippen LogP contribution < -0.4 is 10.6 Å². The summed E-state index contributed by atoms with van der Waals surface area (Å²) in [5.41, 5.74) is 0. The van der Waals surface area contributed by atoms with E-state index in [-0.39, 0.29) is 11.8 Å². The first-order valence-electron chi connectivity index (χ1n) is 7.90. The Balaban J connectivity index is 1.55. The van der Waals surface area contributed by atoms with Gasteiger partial charge in [-0.1, -0.05) is 6.92 Å². The molecule has 2 fully saturated rings. The number of amides is 1. The van der Waals surface area contributed by atoms with E-state index in [1.54, 1.807) is 0 Å². The SMILES string of the molecule is CC1CCN(CCCNC(=O)C2CCNC2C)CC1. The summed E-state index contributed by atoms with van der Waals surface area (Å²) in [6, 6.07) is 0.337. The average molecular weight is 267 g/mol. The normalized spacial score (nSPS) is 29.6. The Labute approximate surface area is 117 Å².